The van der Waals surface area contributed by atoms with E-state index in [2.05, 4.69) is 13.8 Å². The number of carbonyl (C=O) groups is 1. The molecule has 4 nitrogen and oxygen atoms in total. The van der Waals surface area contributed by atoms with E-state index in [0.717, 1.165) is 45.2 Å². The summed E-state index contributed by atoms with van der Waals surface area (Å²) in [7, 11) is 1.81. The monoisotopic (exact) mass is 299 g/mol. The fraction of sp³-hybridized carbons (Fsp3) is 0.941. The van der Waals surface area contributed by atoms with Crippen LogP contribution in [0.2, 0.25) is 0 Å². The average molecular weight is 299 g/mol. The molecule has 1 rings (SSSR count). The minimum atomic E-state index is -0.413. The van der Waals surface area contributed by atoms with Crippen molar-refractivity contribution in [3.8, 4) is 0 Å². The standard InChI is InChI=1S/C17H33NO3/c1-7-10-17(5,20-6)13-14-8-11-18(12-9-14)15(19)21-16(2,3)4/h14H,7-13H2,1-6H3. The van der Waals surface area contributed by atoms with Gasteiger partial charge in [-0.25, -0.2) is 4.79 Å². The van der Waals surface area contributed by atoms with Gasteiger partial charge in [-0.05, 0) is 59.3 Å². The molecule has 1 heterocycles. The van der Waals surface area contributed by atoms with Gasteiger partial charge in [0.15, 0.2) is 0 Å². The van der Waals surface area contributed by atoms with Gasteiger partial charge in [0.2, 0.25) is 0 Å². The molecule has 0 radical (unpaired) electrons. The summed E-state index contributed by atoms with van der Waals surface area (Å²) in [5.74, 6) is 0.639. The van der Waals surface area contributed by atoms with Gasteiger partial charge in [0.1, 0.15) is 5.60 Å². The summed E-state index contributed by atoms with van der Waals surface area (Å²) < 4.78 is 11.2. The van der Waals surface area contributed by atoms with Crippen molar-refractivity contribution < 1.29 is 14.3 Å². The van der Waals surface area contributed by atoms with Crippen LogP contribution in [0.1, 0.15) is 66.7 Å². The molecule has 1 amide bonds. The second-order valence-electron chi connectivity index (χ2n) is 7.52. The fourth-order valence-electron chi connectivity index (χ4n) is 3.07. The van der Waals surface area contributed by atoms with E-state index >= 15 is 0 Å². The van der Waals surface area contributed by atoms with Gasteiger partial charge < -0.3 is 14.4 Å². The van der Waals surface area contributed by atoms with E-state index in [1.807, 2.05) is 32.8 Å². The number of ether oxygens (including phenoxy) is 2. The first kappa shape index (κ1) is 18.3. The molecule has 124 valence electrons. The Hall–Kier alpha value is -0.770. The Morgan fingerprint density at radius 3 is 2.19 bits per heavy atom. The SMILES string of the molecule is CCCC(C)(CC1CCN(C(=O)OC(C)(C)C)CC1)OC. The first-order valence-corrected chi connectivity index (χ1v) is 8.22. The summed E-state index contributed by atoms with van der Waals surface area (Å²) in [6, 6.07) is 0. The highest BCUT2D eigenvalue weighted by atomic mass is 16.6. The molecule has 1 aliphatic heterocycles. The molecule has 1 fully saturated rings. The molecule has 0 saturated carbocycles. The van der Waals surface area contributed by atoms with Gasteiger partial charge in [-0.3, -0.25) is 0 Å². The molecule has 1 atom stereocenters. The van der Waals surface area contributed by atoms with E-state index in [1.54, 1.807) is 0 Å². The summed E-state index contributed by atoms with van der Waals surface area (Å²) in [5.41, 5.74) is -0.433. The lowest BCUT2D eigenvalue weighted by Crippen LogP contribution is -2.43. The Labute approximate surface area is 130 Å². The van der Waals surface area contributed by atoms with E-state index < -0.39 is 5.60 Å². The lowest BCUT2D eigenvalue weighted by Gasteiger charge is -2.37. The molecular weight excluding hydrogens is 266 g/mol. The van der Waals surface area contributed by atoms with Crippen molar-refractivity contribution in [2.75, 3.05) is 20.2 Å². The Bertz CT molecular complexity index is 329. The van der Waals surface area contributed by atoms with Crippen molar-refractivity contribution in [3.05, 3.63) is 0 Å². The van der Waals surface area contributed by atoms with Gasteiger partial charge >= 0.3 is 6.09 Å². The molecular formula is C17H33NO3. The minimum Gasteiger partial charge on any atom is -0.444 e. The van der Waals surface area contributed by atoms with Crippen LogP contribution in [0.4, 0.5) is 4.79 Å². The van der Waals surface area contributed by atoms with E-state index in [-0.39, 0.29) is 11.7 Å². The van der Waals surface area contributed by atoms with Crippen LogP contribution in [0.25, 0.3) is 0 Å². The fourth-order valence-corrected chi connectivity index (χ4v) is 3.07. The van der Waals surface area contributed by atoms with Crippen LogP contribution in [-0.4, -0.2) is 42.4 Å². The number of piperidine rings is 1. The number of rotatable bonds is 5. The summed E-state index contributed by atoms with van der Waals surface area (Å²) in [5, 5.41) is 0. The average Bonchev–Trinajstić information content (AvgIpc) is 2.37. The number of amides is 1. The van der Waals surface area contributed by atoms with Gasteiger partial charge in [-0.2, -0.15) is 0 Å². The molecule has 0 aromatic rings. The molecule has 1 unspecified atom stereocenters. The zero-order chi connectivity index (χ0) is 16.1. The molecule has 0 bridgehead atoms. The molecule has 1 saturated heterocycles. The van der Waals surface area contributed by atoms with E-state index in [9.17, 15) is 4.79 Å². The van der Waals surface area contributed by atoms with Crippen LogP contribution in [0.15, 0.2) is 0 Å². The van der Waals surface area contributed by atoms with Crippen LogP contribution in [-0.2, 0) is 9.47 Å². The first-order chi connectivity index (χ1) is 9.69. The van der Waals surface area contributed by atoms with Crippen LogP contribution in [0, 0.1) is 5.92 Å². The van der Waals surface area contributed by atoms with E-state index in [0.29, 0.717) is 5.92 Å². The Balaban J connectivity index is 2.43. The van der Waals surface area contributed by atoms with Crippen molar-refractivity contribution in [3.63, 3.8) is 0 Å². The third kappa shape index (κ3) is 6.25. The van der Waals surface area contributed by atoms with E-state index in [1.165, 1.54) is 0 Å². The highest BCUT2D eigenvalue weighted by molar-refractivity contribution is 5.68. The molecule has 0 aliphatic carbocycles. The van der Waals surface area contributed by atoms with Crippen molar-refractivity contribution in [2.24, 2.45) is 5.92 Å². The van der Waals surface area contributed by atoms with Crippen molar-refractivity contribution in [2.45, 2.75) is 77.9 Å². The zero-order valence-electron chi connectivity index (χ0n) is 14.7. The smallest absolute Gasteiger partial charge is 0.410 e. The van der Waals surface area contributed by atoms with Crippen molar-refractivity contribution in [1.29, 1.82) is 0 Å². The van der Waals surface area contributed by atoms with Crippen LogP contribution in [0.3, 0.4) is 0 Å². The highest BCUT2D eigenvalue weighted by Crippen LogP contribution is 2.31. The lowest BCUT2D eigenvalue weighted by molar-refractivity contribution is -0.0299. The Morgan fingerprint density at radius 1 is 1.19 bits per heavy atom. The summed E-state index contributed by atoms with van der Waals surface area (Å²) in [6.07, 6.45) is 5.23. The van der Waals surface area contributed by atoms with Gasteiger partial charge in [0, 0.05) is 20.2 Å². The van der Waals surface area contributed by atoms with Crippen LogP contribution in [0.5, 0.6) is 0 Å². The maximum absolute atomic E-state index is 12.0. The summed E-state index contributed by atoms with van der Waals surface area (Å²) in [6.45, 7) is 11.7. The largest absolute Gasteiger partial charge is 0.444 e. The first-order valence-electron chi connectivity index (χ1n) is 8.22. The Kier molecular flexibility index (Phi) is 6.51. The van der Waals surface area contributed by atoms with E-state index in [4.69, 9.17) is 9.47 Å². The molecule has 4 heteroatoms. The predicted molar refractivity (Wildman–Crippen MR) is 85.5 cm³/mol. The molecule has 0 aromatic carbocycles. The Morgan fingerprint density at radius 2 is 1.76 bits per heavy atom. The summed E-state index contributed by atoms with van der Waals surface area (Å²) >= 11 is 0. The third-order valence-electron chi connectivity index (χ3n) is 4.26. The number of hydrogen-bond donors (Lipinski definition) is 0. The number of methoxy groups -OCH3 is 1. The highest BCUT2D eigenvalue weighted by Gasteiger charge is 2.31. The quantitative estimate of drug-likeness (QED) is 0.762. The summed E-state index contributed by atoms with van der Waals surface area (Å²) in [4.78, 5) is 13.9. The predicted octanol–water partition coefficient (Wildman–Crippen LogP) is 4.23. The lowest BCUT2D eigenvalue weighted by atomic mass is 9.83. The topological polar surface area (TPSA) is 38.8 Å². The molecule has 0 N–H and O–H groups in total. The number of likely N-dealkylation sites (tertiary alicyclic amines) is 1. The molecule has 21 heavy (non-hydrogen) atoms. The number of nitrogens with zero attached hydrogens (tertiary/aromatic N) is 1. The number of hydrogen-bond acceptors (Lipinski definition) is 3. The molecule has 0 spiro atoms. The second kappa shape index (κ2) is 7.48. The molecule has 1 aliphatic rings. The molecule has 0 aromatic heterocycles. The van der Waals surface area contributed by atoms with Crippen molar-refractivity contribution in [1.82, 2.24) is 4.90 Å². The third-order valence-corrected chi connectivity index (χ3v) is 4.26. The number of carbonyl (C=O) groups excluding carboxylic acids is 1. The van der Waals surface area contributed by atoms with Gasteiger partial charge in [0.05, 0.1) is 5.60 Å². The zero-order valence-corrected chi connectivity index (χ0v) is 14.7. The van der Waals surface area contributed by atoms with Crippen molar-refractivity contribution >= 4 is 6.09 Å². The van der Waals surface area contributed by atoms with Gasteiger partial charge in [-0.1, -0.05) is 13.3 Å². The van der Waals surface area contributed by atoms with Crippen LogP contribution < -0.4 is 0 Å². The minimum absolute atomic E-state index is 0.0203. The maximum atomic E-state index is 12.0. The maximum Gasteiger partial charge on any atom is 0.410 e. The van der Waals surface area contributed by atoms with Gasteiger partial charge in [-0.15, -0.1) is 0 Å². The second-order valence-corrected chi connectivity index (χ2v) is 7.52. The van der Waals surface area contributed by atoms with Gasteiger partial charge in [0.25, 0.3) is 0 Å². The normalized spacial score (nSPS) is 20.2. The van der Waals surface area contributed by atoms with Crippen LogP contribution >= 0.6 is 0 Å².